The molecule has 0 aliphatic carbocycles. The van der Waals surface area contributed by atoms with Gasteiger partial charge in [0.1, 0.15) is 5.75 Å². The molecule has 0 saturated carbocycles. The monoisotopic (exact) mass is 344 g/mol. The first-order valence-corrected chi connectivity index (χ1v) is 8.58. The summed E-state index contributed by atoms with van der Waals surface area (Å²) in [6.45, 7) is 2.51. The zero-order chi connectivity index (χ0) is 16.9. The molecule has 0 bridgehead atoms. The number of carbonyl (C=O) groups is 1. The Labute approximate surface area is 147 Å². The third-order valence-corrected chi connectivity index (χ3v) is 4.65. The van der Waals surface area contributed by atoms with E-state index in [2.05, 4.69) is 10.2 Å². The largest absolute Gasteiger partial charge is 0.507 e. The standard InChI is InChI=1S/C19H21ClN2O2/c20-15-7-5-6-14(12-15)17(22-10-3-4-11-22)13-21-19(24)16-8-1-2-9-18(16)23/h1-2,5-9,12,17,23H,3-4,10-11,13H2,(H,21,24). The van der Waals surface area contributed by atoms with E-state index in [-0.39, 0.29) is 17.7 Å². The fourth-order valence-electron chi connectivity index (χ4n) is 3.18. The number of likely N-dealkylation sites (tertiary alicyclic amines) is 1. The van der Waals surface area contributed by atoms with Gasteiger partial charge < -0.3 is 10.4 Å². The Bertz CT molecular complexity index is 714. The molecule has 5 heteroatoms. The van der Waals surface area contributed by atoms with Gasteiger partial charge in [0.05, 0.1) is 11.6 Å². The summed E-state index contributed by atoms with van der Waals surface area (Å²) in [6, 6.07) is 14.4. The number of halogens is 1. The molecule has 0 radical (unpaired) electrons. The molecule has 1 fully saturated rings. The van der Waals surface area contributed by atoms with Gasteiger partial charge in [-0.2, -0.15) is 0 Å². The number of nitrogens with one attached hydrogen (secondary N) is 1. The van der Waals surface area contributed by atoms with Crippen molar-refractivity contribution >= 4 is 17.5 Å². The summed E-state index contributed by atoms with van der Waals surface area (Å²) in [6.07, 6.45) is 2.34. The van der Waals surface area contributed by atoms with Crippen molar-refractivity contribution in [3.05, 3.63) is 64.7 Å². The molecular formula is C19H21ClN2O2. The van der Waals surface area contributed by atoms with Crippen LogP contribution in [0.5, 0.6) is 5.75 Å². The maximum atomic E-state index is 12.4. The minimum absolute atomic E-state index is 0.00419. The lowest BCUT2D eigenvalue weighted by atomic mass is 10.1. The van der Waals surface area contributed by atoms with Crippen molar-refractivity contribution in [2.45, 2.75) is 18.9 Å². The van der Waals surface area contributed by atoms with E-state index < -0.39 is 0 Å². The summed E-state index contributed by atoms with van der Waals surface area (Å²) in [5.74, 6) is -0.269. The quantitative estimate of drug-likeness (QED) is 0.871. The van der Waals surface area contributed by atoms with Crippen molar-refractivity contribution < 1.29 is 9.90 Å². The molecule has 4 nitrogen and oxygen atoms in total. The lowest BCUT2D eigenvalue weighted by molar-refractivity contribution is 0.0935. The molecule has 126 valence electrons. The number of phenols is 1. The van der Waals surface area contributed by atoms with Crippen molar-refractivity contribution in [3.63, 3.8) is 0 Å². The van der Waals surface area contributed by atoms with E-state index in [1.54, 1.807) is 18.2 Å². The Morgan fingerprint density at radius 3 is 2.62 bits per heavy atom. The maximum absolute atomic E-state index is 12.4. The molecule has 1 heterocycles. The SMILES string of the molecule is O=C(NCC(c1cccc(Cl)c1)N1CCCC1)c1ccccc1O. The number of carbonyl (C=O) groups excluding carboxylic acids is 1. The zero-order valence-corrected chi connectivity index (χ0v) is 14.2. The average molecular weight is 345 g/mol. The topological polar surface area (TPSA) is 52.6 Å². The second kappa shape index (κ2) is 7.69. The summed E-state index contributed by atoms with van der Waals surface area (Å²) in [5.41, 5.74) is 1.39. The van der Waals surface area contributed by atoms with E-state index in [9.17, 15) is 9.90 Å². The fourth-order valence-corrected chi connectivity index (χ4v) is 3.37. The maximum Gasteiger partial charge on any atom is 0.255 e. The van der Waals surface area contributed by atoms with Crippen LogP contribution < -0.4 is 5.32 Å². The highest BCUT2D eigenvalue weighted by Crippen LogP contribution is 2.26. The lowest BCUT2D eigenvalue weighted by Gasteiger charge is -2.28. The number of hydrogen-bond donors (Lipinski definition) is 2. The second-order valence-electron chi connectivity index (χ2n) is 6.04. The van der Waals surface area contributed by atoms with E-state index in [1.807, 2.05) is 24.3 Å². The number of para-hydroxylation sites is 1. The van der Waals surface area contributed by atoms with Crippen molar-refractivity contribution in [1.29, 1.82) is 0 Å². The summed E-state index contributed by atoms with van der Waals surface area (Å²) in [4.78, 5) is 14.7. The van der Waals surface area contributed by atoms with Crippen molar-refractivity contribution in [2.75, 3.05) is 19.6 Å². The van der Waals surface area contributed by atoms with Gasteiger partial charge in [-0.1, -0.05) is 35.9 Å². The van der Waals surface area contributed by atoms with E-state index in [0.717, 1.165) is 18.7 Å². The van der Waals surface area contributed by atoms with Crippen LogP contribution in [0.3, 0.4) is 0 Å². The van der Waals surface area contributed by atoms with Gasteiger partial charge in [-0.25, -0.2) is 0 Å². The number of phenolic OH excluding ortho intramolecular Hbond substituents is 1. The molecule has 1 unspecified atom stereocenters. The van der Waals surface area contributed by atoms with Crippen molar-refractivity contribution in [3.8, 4) is 5.75 Å². The summed E-state index contributed by atoms with van der Waals surface area (Å²) < 4.78 is 0. The van der Waals surface area contributed by atoms with Crippen LogP contribution in [-0.2, 0) is 0 Å². The fraction of sp³-hybridized carbons (Fsp3) is 0.316. The highest BCUT2D eigenvalue weighted by molar-refractivity contribution is 6.30. The Morgan fingerprint density at radius 2 is 1.92 bits per heavy atom. The molecule has 2 N–H and O–H groups in total. The zero-order valence-electron chi connectivity index (χ0n) is 13.4. The molecule has 2 aromatic carbocycles. The molecule has 1 aliphatic heterocycles. The number of nitrogens with zero attached hydrogens (tertiary/aromatic N) is 1. The molecule has 0 spiro atoms. The molecular weight excluding hydrogens is 324 g/mol. The van der Waals surface area contributed by atoms with E-state index in [1.165, 1.54) is 18.9 Å². The number of amides is 1. The van der Waals surface area contributed by atoms with Gasteiger partial charge in [-0.05, 0) is 55.8 Å². The van der Waals surface area contributed by atoms with E-state index in [0.29, 0.717) is 17.1 Å². The predicted octanol–water partition coefficient (Wildman–Crippen LogP) is 3.61. The van der Waals surface area contributed by atoms with Crippen LogP contribution in [0, 0.1) is 0 Å². The van der Waals surface area contributed by atoms with Crippen LogP contribution in [0.1, 0.15) is 34.8 Å². The highest BCUT2D eigenvalue weighted by atomic mass is 35.5. The molecule has 0 aromatic heterocycles. The van der Waals surface area contributed by atoms with Crippen LogP contribution in [0.25, 0.3) is 0 Å². The number of benzene rings is 2. The van der Waals surface area contributed by atoms with Gasteiger partial charge in [0.15, 0.2) is 0 Å². The van der Waals surface area contributed by atoms with Gasteiger partial charge in [-0.15, -0.1) is 0 Å². The summed E-state index contributed by atoms with van der Waals surface area (Å²) >= 11 is 6.14. The first-order chi connectivity index (χ1) is 11.6. The van der Waals surface area contributed by atoms with Gasteiger partial charge >= 0.3 is 0 Å². The van der Waals surface area contributed by atoms with Gasteiger partial charge in [0.25, 0.3) is 5.91 Å². The van der Waals surface area contributed by atoms with Gasteiger partial charge in [0, 0.05) is 11.6 Å². The third kappa shape index (κ3) is 3.89. The Morgan fingerprint density at radius 1 is 1.17 bits per heavy atom. The van der Waals surface area contributed by atoms with Gasteiger partial charge in [-0.3, -0.25) is 9.69 Å². The van der Waals surface area contributed by atoms with Crippen LogP contribution >= 0.6 is 11.6 Å². The Balaban J connectivity index is 1.75. The Kier molecular flexibility index (Phi) is 5.38. The van der Waals surface area contributed by atoms with E-state index in [4.69, 9.17) is 11.6 Å². The number of rotatable bonds is 5. The first-order valence-electron chi connectivity index (χ1n) is 8.21. The number of aromatic hydroxyl groups is 1. The lowest BCUT2D eigenvalue weighted by Crippen LogP contribution is -2.36. The summed E-state index contributed by atoms with van der Waals surface area (Å²) in [5, 5.41) is 13.5. The van der Waals surface area contributed by atoms with Crippen LogP contribution in [0.4, 0.5) is 0 Å². The summed E-state index contributed by atoms with van der Waals surface area (Å²) in [7, 11) is 0. The Hall–Kier alpha value is -2.04. The molecule has 3 rings (SSSR count). The van der Waals surface area contributed by atoms with Crippen LogP contribution in [-0.4, -0.2) is 35.5 Å². The molecule has 1 aliphatic rings. The van der Waals surface area contributed by atoms with Gasteiger partial charge in [0.2, 0.25) is 0 Å². The van der Waals surface area contributed by atoms with Crippen molar-refractivity contribution in [1.82, 2.24) is 10.2 Å². The molecule has 1 atom stereocenters. The predicted molar refractivity (Wildman–Crippen MR) is 95.4 cm³/mol. The van der Waals surface area contributed by atoms with Crippen LogP contribution in [0.15, 0.2) is 48.5 Å². The minimum atomic E-state index is -0.265. The van der Waals surface area contributed by atoms with Crippen molar-refractivity contribution in [2.24, 2.45) is 0 Å². The van der Waals surface area contributed by atoms with Crippen LogP contribution in [0.2, 0.25) is 5.02 Å². The highest BCUT2D eigenvalue weighted by Gasteiger charge is 2.24. The average Bonchev–Trinajstić information content (AvgIpc) is 3.10. The minimum Gasteiger partial charge on any atom is -0.507 e. The van der Waals surface area contributed by atoms with E-state index >= 15 is 0 Å². The molecule has 2 aromatic rings. The first kappa shape index (κ1) is 16.8. The third-order valence-electron chi connectivity index (χ3n) is 4.42. The smallest absolute Gasteiger partial charge is 0.255 e. The molecule has 1 amide bonds. The molecule has 1 saturated heterocycles. The molecule has 24 heavy (non-hydrogen) atoms. The normalized spacial score (nSPS) is 16.0. The number of hydrogen-bond acceptors (Lipinski definition) is 3. The second-order valence-corrected chi connectivity index (χ2v) is 6.48.